The molecule has 2 aromatic carbocycles. The van der Waals surface area contributed by atoms with Crippen LogP contribution in [-0.4, -0.2) is 38.0 Å². The second kappa shape index (κ2) is 9.16. The number of hydrogen-bond acceptors (Lipinski definition) is 3. The number of rotatable bonds is 8. The van der Waals surface area contributed by atoms with Crippen molar-refractivity contribution < 1.29 is 13.2 Å². The number of benzene rings is 2. The van der Waals surface area contributed by atoms with Gasteiger partial charge in [0.05, 0.1) is 6.26 Å². The second-order valence-corrected chi connectivity index (χ2v) is 8.63. The fourth-order valence-corrected chi connectivity index (χ4v) is 3.49. The van der Waals surface area contributed by atoms with Gasteiger partial charge in [0.1, 0.15) is 0 Å². The molecule has 140 valence electrons. The molecule has 1 amide bonds. The van der Waals surface area contributed by atoms with Gasteiger partial charge in [-0.25, -0.2) is 12.7 Å². The average Bonchev–Trinajstić information content (AvgIpc) is 2.55. The monoisotopic (exact) mass is 394 g/mol. The number of nitrogens with zero attached hydrogens (tertiary/aromatic N) is 1. The van der Waals surface area contributed by atoms with Gasteiger partial charge in [0.25, 0.3) is 0 Å². The third-order valence-corrected chi connectivity index (χ3v) is 5.48. The SMILES string of the molecule is Cc1cccc(NC(=O)CCN(CCc2ccc(Cl)cc2)S(C)(=O)=O)c1. The lowest BCUT2D eigenvalue weighted by Gasteiger charge is -2.19. The van der Waals surface area contributed by atoms with E-state index in [1.807, 2.05) is 37.3 Å². The minimum atomic E-state index is -3.39. The first-order valence-corrected chi connectivity index (χ1v) is 10.5. The van der Waals surface area contributed by atoms with Gasteiger partial charge in [0.2, 0.25) is 15.9 Å². The Bertz CT molecular complexity index is 851. The molecule has 5 nitrogen and oxygen atoms in total. The predicted molar refractivity (Wildman–Crippen MR) is 106 cm³/mol. The van der Waals surface area contributed by atoms with E-state index in [-0.39, 0.29) is 18.9 Å². The van der Waals surface area contributed by atoms with Gasteiger partial charge in [0.15, 0.2) is 0 Å². The molecular weight excluding hydrogens is 372 g/mol. The lowest BCUT2D eigenvalue weighted by molar-refractivity contribution is -0.116. The summed E-state index contributed by atoms with van der Waals surface area (Å²) in [5.74, 6) is -0.212. The third-order valence-electron chi connectivity index (χ3n) is 3.92. The highest BCUT2D eigenvalue weighted by molar-refractivity contribution is 7.88. The molecule has 0 fully saturated rings. The molecule has 2 rings (SSSR count). The molecule has 0 radical (unpaired) electrons. The summed E-state index contributed by atoms with van der Waals surface area (Å²) in [6, 6.07) is 14.8. The molecular formula is C19H23ClN2O3S. The van der Waals surface area contributed by atoms with Crippen LogP contribution in [0.2, 0.25) is 5.02 Å². The molecule has 0 unspecified atom stereocenters. The Morgan fingerprint density at radius 2 is 1.81 bits per heavy atom. The molecule has 0 atom stereocenters. The Morgan fingerprint density at radius 3 is 2.42 bits per heavy atom. The number of carbonyl (C=O) groups excluding carboxylic acids is 1. The standard InChI is InChI=1S/C19H23ClN2O3S/c1-15-4-3-5-18(14-15)21-19(23)11-13-22(26(2,24)25)12-10-16-6-8-17(20)9-7-16/h3-9,14H,10-13H2,1-2H3,(H,21,23). The third kappa shape index (κ3) is 6.78. The highest BCUT2D eigenvalue weighted by atomic mass is 35.5. The van der Waals surface area contributed by atoms with Crippen molar-refractivity contribution in [3.63, 3.8) is 0 Å². The van der Waals surface area contributed by atoms with Gasteiger partial charge in [-0.05, 0) is 48.7 Å². The summed E-state index contributed by atoms with van der Waals surface area (Å²) in [5, 5.41) is 3.43. The van der Waals surface area contributed by atoms with Crippen molar-refractivity contribution in [1.82, 2.24) is 4.31 Å². The quantitative estimate of drug-likeness (QED) is 0.745. The van der Waals surface area contributed by atoms with Gasteiger partial charge in [-0.2, -0.15) is 0 Å². The molecule has 0 heterocycles. The van der Waals surface area contributed by atoms with E-state index in [9.17, 15) is 13.2 Å². The molecule has 26 heavy (non-hydrogen) atoms. The Kier molecular flexibility index (Phi) is 7.20. The van der Waals surface area contributed by atoms with E-state index in [1.165, 1.54) is 4.31 Å². The normalized spacial score (nSPS) is 11.5. The maximum Gasteiger partial charge on any atom is 0.225 e. The van der Waals surface area contributed by atoms with E-state index in [0.717, 1.165) is 17.4 Å². The summed E-state index contributed by atoms with van der Waals surface area (Å²) in [6.07, 6.45) is 1.82. The van der Waals surface area contributed by atoms with Crippen molar-refractivity contribution in [2.75, 3.05) is 24.7 Å². The highest BCUT2D eigenvalue weighted by Crippen LogP contribution is 2.12. The van der Waals surface area contributed by atoms with Crippen LogP contribution < -0.4 is 5.32 Å². The zero-order chi connectivity index (χ0) is 19.2. The van der Waals surface area contributed by atoms with Crippen LogP contribution in [0.15, 0.2) is 48.5 Å². The van der Waals surface area contributed by atoms with Gasteiger partial charge in [-0.3, -0.25) is 4.79 Å². The maximum atomic E-state index is 12.1. The van der Waals surface area contributed by atoms with Crippen LogP contribution in [0.5, 0.6) is 0 Å². The summed E-state index contributed by atoms with van der Waals surface area (Å²) >= 11 is 5.86. The van der Waals surface area contributed by atoms with Crippen LogP contribution in [-0.2, 0) is 21.2 Å². The molecule has 0 aliphatic heterocycles. The van der Waals surface area contributed by atoms with Gasteiger partial charge in [0, 0.05) is 30.2 Å². The average molecular weight is 395 g/mol. The lowest BCUT2D eigenvalue weighted by Crippen LogP contribution is -2.34. The van der Waals surface area contributed by atoms with Crippen LogP contribution in [0.25, 0.3) is 0 Å². The van der Waals surface area contributed by atoms with Crippen molar-refractivity contribution in [2.45, 2.75) is 19.8 Å². The first-order valence-electron chi connectivity index (χ1n) is 8.30. The fourth-order valence-electron chi connectivity index (χ4n) is 2.52. The molecule has 0 aromatic heterocycles. The predicted octanol–water partition coefficient (Wildman–Crippen LogP) is 3.48. The van der Waals surface area contributed by atoms with E-state index >= 15 is 0 Å². The molecule has 2 aromatic rings. The minimum absolute atomic E-state index is 0.0988. The van der Waals surface area contributed by atoms with Crippen LogP contribution in [0.4, 0.5) is 5.69 Å². The second-order valence-electron chi connectivity index (χ2n) is 6.21. The van der Waals surface area contributed by atoms with Crippen LogP contribution >= 0.6 is 11.6 Å². The van der Waals surface area contributed by atoms with Crippen molar-refractivity contribution in [3.8, 4) is 0 Å². The maximum absolute atomic E-state index is 12.1. The van der Waals surface area contributed by atoms with Gasteiger partial charge >= 0.3 is 0 Å². The van der Waals surface area contributed by atoms with E-state index in [0.29, 0.717) is 23.7 Å². The van der Waals surface area contributed by atoms with Gasteiger partial charge < -0.3 is 5.32 Å². The zero-order valence-corrected chi connectivity index (χ0v) is 16.5. The number of hydrogen-bond donors (Lipinski definition) is 1. The zero-order valence-electron chi connectivity index (χ0n) is 14.9. The van der Waals surface area contributed by atoms with Crippen molar-refractivity contribution in [3.05, 3.63) is 64.7 Å². The number of halogens is 1. The van der Waals surface area contributed by atoms with E-state index < -0.39 is 10.0 Å². The van der Waals surface area contributed by atoms with Crippen LogP contribution in [0, 0.1) is 6.92 Å². The Labute approximate surface area is 160 Å². The smallest absolute Gasteiger partial charge is 0.225 e. The number of anilines is 1. The molecule has 7 heteroatoms. The summed E-state index contributed by atoms with van der Waals surface area (Å²) in [4.78, 5) is 12.1. The van der Waals surface area contributed by atoms with Crippen LogP contribution in [0.3, 0.4) is 0 Å². The highest BCUT2D eigenvalue weighted by Gasteiger charge is 2.17. The summed E-state index contributed by atoms with van der Waals surface area (Å²) in [5.41, 5.74) is 2.75. The first kappa shape index (κ1) is 20.4. The number of nitrogens with one attached hydrogen (secondary N) is 1. The molecule has 1 N–H and O–H groups in total. The number of sulfonamides is 1. The van der Waals surface area contributed by atoms with Crippen molar-refractivity contribution in [1.29, 1.82) is 0 Å². The Morgan fingerprint density at radius 1 is 1.12 bits per heavy atom. The number of amides is 1. The Balaban J connectivity index is 1.91. The minimum Gasteiger partial charge on any atom is -0.326 e. The van der Waals surface area contributed by atoms with Crippen molar-refractivity contribution >= 4 is 33.2 Å². The number of aryl methyl sites for hydroxylation is 1. The molecule has 0 bridgehead atoms. The van der Waals surface area contributed by atoms with Crippen molar-refractivity contribution in [2.24, 2.45) is 0 Å². The lowest BCUT2D eigenvalue weighted by atomic mass is 10.1. The molecule has 0 spiro atoms. The van der Waals surface area contributed by atoms with E-state index in [2.05, 4.69) is 5.32 Å². The topological polar surface area (TPSA) is 66.5 Å². The summed E-state index contributed by atoms with van der Waals surface area (Å²) in [6.45, 7) is 2.40. The summed E-state index contributed by atoms with van der Waals surface area (Å²) in [7, 11) is -3.39. The molecule has 0 saturated heterocycles. The molecule has 0 saturated carbocycles. The largest absolute Gasteiger partial charge is 0.326 e. The van der Waals surface area contributed by atoms with Gasteiger partial charge in [-0.1, -0.05) is 35.9 Å². The van der Waals surface area contributed by atoms with Gasteiger partial charge in [-0.15, -0.1) is 0 Å². The fraction of sp³-hybridized carbons (Fsp3) is 0.316. The van der Waals surface area contributed by atoms with E-state index in [1.54, 1.807) is 18.2 Å². The van der Waals surface area contributed by atoms with E-state index in [4.69, 9.17) is 11.6 Å². The summed E-state index contributed by atoms with van der Waals surface area (Å²) < 4.78 is 25.3. The number of carbonyl (C=O) groups is 1. The molecule has 0 aliphatic rings. The molecule has 0 aliphatic carbocycles. The van der Waals surface area contributed by atoms with Crippen LogP contribution in [0.1, 0.15) is 17.5 Å². The Hall–Kier alpha value is -1.89. The first-order chi connectivity index (χ1) is 12.2.